The van der Waals surface area contributed by atoms with Crippen LogP contribution in [-0.4, -0.2) is 30.9 Å². The van der Waals surface area contributed by atoms with Crippen molar-refractivity contribution in [3.05, 3.63) is 119 Å². The van der Waals surface area contributed by atoms with E-state index in [2.05, 4.69) is 20.9 Å². The van der Waals surface area contributed by atoms with Gasteiger partial charge in [-0.1, -0.05) is 41.7 Å². The summed E-state index contributed by atoms with van der Waals surface area (Å²) in [5.41, 5.74) is 1.73. The molecule has 8 nitrogen and oxygen atoms in total. The van der Waals surface area contributed by atoms with Gasteiger partial charge in [0.1, 0.15) is 18.2 Å². The first kappa shape index (κ1) is 30.2. The first-order valence-corrected chi connectivity index (χ1v) is 15.1. The van der Waals surface area contributed by atoms with Crippen molar-refractivity contribution in [3.63, 3.8) is 0 Å². The lowest BCUT2D eigenvalue weighted by molar-refractivity contribution is -0.136. The van der Waals surface area contributed by atoms with Crippen LogP contribution in [0.15, 0.2) is 86.7 Å². The molecule has 0 fully saturated rings. The molecule has 3 aromatic carbocycles. The van der Waals surface area contributed by atoms with E-state index in [9.17, 15) is 14.0 Å². The summed E-state index contributed by atoms with van der Waals surface area (Å²) in [6, 6.07) is 16.4. The zero-order valence-electron chi connectivity index (χ0n) is 23.6. The summed E-state index contributed by atoms with van der Waals surface area (Å²) in [5.74, 6) is 0.678. The molecule has 0 unspecified atom stereocenters. The molecule has 1 aliphatic rings. The maximum Gasteiger partial charge on any atom is 0.337 e. The molecule has 0 saturated heterocycles. The zero-order valence-corrected chi connectivity index (χ0v) is 26.0. The Hall–Kier alpha value is -4.22. The fourth-order valence-electron chi connectivity index (χ4n) is 4.63. The summed E-state index contributed by atoms with van der Waals surface area (Å²) in [6.07, 6.45) is 3.19. The number of hydrogen-bond donors (Lipinski definition) is 0. The number of halogens is 2. The second-order valence-electron chi connectivity index (χ2n) is 9.32. The molecule has 1 aromatic heterocycles. The fraction of sp³-hybridized carbons (Fsp3) is 0.219. The minimum Gasteiger partial charge on any atom is -0.490 e. The van der Waals surface area contributed by atoms with E-state index in [4.69, 9.17) is 18.9 Å². The highest BCUT2D eigenvalue weighted by molar-refractivity contribution is 9.10. The molecule has 5 rings (SSSR count). The van der Waals surface area contributed by atoms with E-state index in [1.807, 2.05) is 19.9 Å². The first-order chi connectivity index (χ1) is 20.8. The van der Waals surface area contributed by atoms with Crippen LogP contribution in [-0.2, 0) is 16.1 Å². The summed E-state index contributed by atoms with van der Waals surface area (Å²) in [7, 11) is 1.29. The molecule has 0 bridgehead atoms. The monoisotopic (exact) mass is 666 g/mol. The van der Waals surface area contributed by atoms with Crippen molar-refractivity contribution < 1.29 is 28.1 Å². The summed E-state index contributed by atoms with van der Waals surface area (Å²) in [6.45, 7) is 4.68. The van der Waals surface area contributed by atoms with Crippen LogP contribution in [0.1, 0.15) is 36.6 Å². The zero-order chi connectivity index (χ0) is 30.5. The van der Waals surface area contributed by atoms with Gasteiger partial charge in [-0.05, 0) is 77.3 Å². The van der Waals surface area contributed by atoms with Gasteiger partial charge in [-0.3, -0.25) is 9.36 Å². The molecule has 222 valence electrons. The smallest absolute Gasteiger partial charge is 0.337 e. The van der Waals surface area contributed by atoms with Crippen LogP contribution in [0.4, 0.5) is 4.39 Å². The lowest BCUT2D eigenvalue weighted by atomic mass is 9.97. The first-order valence-electron chi connectivity index (χ1n) is 13.5. The minimum absolute atomic E-state index is 0.0717. The lowest BCUT2D eigenvalue weighted by Crippen LogP contribution is -2.39. The maximum absolute atomic E-state index is 14.0. The molecule has 0 aliphatic carbocycles. The average Bonchev–Trinajstić information content (AvgIpc) is 3.32. The molecule has 43 heavy (non-hydrogen) atoms. The van der Waals surface area contributed by atoms with Gasteiger partial charge >= 0.3 is 5.97 Å². The molecule has 1 aliphatic heterocycles. The highest BCUT2D eigenvalue weighted by Crippen LogP contribution is 2.35. The number of rotatable bonds is 10. The highest BCUT2D eigenvalue weighted by Gasteiger charge is 2.31. The molecule has 4 aromatic rings. The van der Waals surface area contributed by atoms with Crippen LogP contribution >= 0.6 is 27.3 Å². The van der Waals surface area contributed by atoms with Crippen LogP contribution in [0, 0.1) is 5.82 Å². The van der Waals surface area contributed by atoms with Gasteiger partial charge in [0.05, 0.1) is 40.9 Å². The summed E-state index contributed by atoms with van der Waals surface area (Å²) >= 11 is 4.73. The van der Waals surface area contributed by atoms with E-state index in [1.165, 1.54) is 35.3 Å². The van der Waals surface area contributed by atoms with Crippen molar-refractivity contribution in [2.75, 3.05) is 20.3 Å². The van der Waals surface area contributed by atoms with Gasteiger partial charge in [0.2, 0.25) is 0 Å². The van der Waals surface area contributed by atoms with Crippen molar-refractivity contribution in [1.29, 1.82) is 0 Å². The third kappa shape index (κ3) is 6.42. The van der Waals surface area contributed by atoms with Crippen molar-refractivity contribution >= 4 is 39.3 Å². The van der Waals surface area contributed by atoms with E-state index in [0.29, 0.717) is 55.4 Å². The predicted octanol–water partition coefficient (Wildman–Crippen LogP) is 5.30. The number of hydrogen-bond acceptors (Lipinski definition) is 8. The van der Waals surface area contributed by atoms with Crippen molar-refractivity contribution in [2.45, 2.75) is 26.5 Å². The number of nitrogens with zero attached hydrogens (tertiary/aromatic N) is 2. The standard InChI is InChI=1S/C32H28BrFN2O6S/c1-4-40-26-13-11-20(16-27(26)41-5-2)29-22(31(38)39-3)17-35-32-36(29)30(37)28(43-32)15-19-10-12-25(23(33)14-19)42-18-21-8-6-7-9-24(21)34/h6-17,29H,4-5,18H2,1-3H3/b28-15-/t29-/m1/s1. The van der Waals surface area contributed by atoms with E-state index in [-0.39, 0.29) is 23.6 Å². The molecule has 2 heterocycles. The van der Waals surface area contributed by atoms with Crippen LogP contribution in [0.5, 0.6) is 17.2 Å². The Labute approximate surface area is 259 Å². The van der Waals surface area contributed by atoms with Gasteiger partial charge < -0.3 is 18.9 Å². The molecule has 1 atom stereocenters. The molecule has 0 radical (unpaired) electrons. The highest BCUT2D eigenvalue weighted by atomic mass is 79.9. The minimum atomic E-state index is -0.790. The van der Waals surface area contributed by atoms with Gasteiger partial charge in [-0.15, -0.1) is 0 Å². The van der Waals surface area contributed by atoms with E-state index in [0.717, 1.165) is 5.56 Å². The van der Waals surface area contributed by atoms with Crippen LogP contribution in [0.25, 0.3) is 6.08 Å². The number of benzene rings is 3. The van der Waals surface area contributed by atoms with Gasteiger partial charge in [-0.25, -0.2) is 14.2 Å². The number of carbonyl (C=O) groups is 1. The summed E-state index contributed by atoms with van der Waals surface area (Å²) in [5, 5.41) is 0. The van der Waals surface area contributed by atoms with Gasteiger partial charge in [0.15, 0.2) is 16.3 Å². The quantitative estimate of drug-likeness (QED) is 0.214. The van der Waals surface area contributed by atoms with E-state index >= 15 is 0 Å². The molecular weight excluding hydrogens is 639 g/mol. The lowest BCUT2D eigenvalue weighted by Gasteiger charge is -2.23. The Morgan fingerprint density at radius 1 is 1.02 bits per heavy atom. The Morgan fingerprint density at radius 2 is 1.77 bits per heavy atom. The Morgan fingerprint density at radius 3 is 2.49 bits per heavy atom. The second kappa shape index (κ2) is 13.4. The predicted molar refractivity (Wildman–Crippen MR) is 165 cm³/mol. The van der Waals surface area contributed by atoms with Gasteiger partial charge in [-0.2, -0.15) is 0 Å². The second-order valence-corrected chi connectivity index (χ2v) is 11.2. The molecule has 0 saturated carbocycles. The number of fused-ring (bicyclic) bond motifs is 1. The fourth-order valence-corrected chi connectivity index (χ4v) is 6.11. The molecular formula is C32H28BrFN2O6S. The number of ether oxygens (including phenoxy) is 4. The number of carbonyl (C=O) groups excluding carboxylic acids is 1. The van der Waals surface area contributed by atoms with Gasteiger partial charge in [0, 0.05) is 11.8 Å². The maximum atomic E-state index is 14.0. The Kier molecular flexibility index (Phi) is 9.42. The topological polar surface area (TPSA) is 88.4 Å². The third-order valence-corrected chi connectivity index (χ3v) is 8.22. The molecule has 0 N–H and O–H groups in total. The largest absolute Gasteiger partial charge is 0.490 e. The molecule has 0 amide bonds. The molecule has 0 spiro atoms. The van der Waals surface area contributed by atoms with Gasteiger partial charge in [0.25, 0.3) is 5.56 Å². The number of esters is 1. The third-order valence-electron chi connectivity index (χ3n) is 6.60. The van der Waals surface area contributed by atoms with Crippen molar-refractivity contribution in [2.24, 2.45) is 4.99 Å². The van der Waals surface area contributed by atoms with Crippen molar-refractivity contribution in [3.8, 4) is 17.2 Å². The summed E-state index contributed by atoms with van der Waals surface area (Å²) in [4.78, 5) is 31.5. The number of methoxy groups -OCH3 is 1. The average molecular weight is 668 g/mol. The van der Waals surface area contributed by atoms with Crippen LogP contribution < -0.4 is 29.1 Å². The van der Waals surface area contributed by atoms with E-state index < -0.39 is 12.0 Å². The Bertz CT molecular complexity index is 1880. The van der Waals surface area contributed by atoms with Crippen LogP contribution in [0.2, 0.25) is 0 Å². The van der Waals surface area contributed by atoms with E-state index in [1.54, 1.807) is 54.6 Å². The number of thiazole rings is 1. The molecule has 11 heteroatoms. The van der Waals surface area contributed by atoms with Crippen LogP contribution in [0.3, 0.4) is 0 Å². The Balaban J connectivity index is 1.52. The number of aromatic nitrogens is 1. The summed E-state index contributed by atoms with van der Waals surface area (Å²) < 4.78 is 38.9. The normalized spacial score (nSPS) is 14.4. The van der Waals surface area contributed by atoms with Crippen molar-refractivity contribution in [1.82, 2.24) is 4.57 Å². The SMILES string of the molecule is CCOc1ccc([C@@H]2C(C(=O)OC)=CN=c3s/c(=C\c4ccc(OCc5ccccc5F)c(Br)c4)c(=O)n32)cc1OCC.